The molecule has 2 saturated heterocycles. The number of sulfonamides is 1. The molecule has 6 nitrogen and oxygen atoms in total. The zero-order valence-corrected chi connectivity index (χ0v) is 14.3. The molecule has 0 spiro atoms. The van der Waals surface area contributed by atoms with Crippen LogP contribution in [0.4, 0.5) is 0 Å². The molecule has 7 heteroatoms. The van der Waals surface area contributed by atoms with Crippen LogP contribution in [-0.4, -0.2) is 55.0 Å². The third kappa shape index (κ3) is 3.79. The van der Waals surface area contributed by atoms with E-state index in [4.69, 9.17) is 4.42 Å². The minimum atomic E-state index is -3.47. The van der Waals surface area contributed by atoms with E-state index in [1.807, 2.05) is 0 Å². The summed E-state index contributed by atoms with van der Waals surface area (Å²) in [6.07, 6.45) is 6.02. The number of rotatable bonds is 6. The summed E-state index contributed by atoms with van der Waals surface area (Å²) < 4.78 is 32.1. The average molecular weight is 342 g/mol. The van der Waals surface area contributed by atoms with Crippen molar-refractivity contribution in [3.8, 4) is 0 Å². The third-order valence-electron chi connectivity index (χ3n) is 4.87. The van der Waals surface area contributed by atoms with E-state index < -0.39 is 10.0 Å². The van der Waals surface area contributed by atoms with Crippen LogP contribution in [0.5, 0.6) is 0 Å². The number of furan rings is 1. The van der Waals surface area contributed by atoms with Gasteiger partial charge in [0.25, 0.3) is 10.0 Å². The van der Waals surface area contributed by atoms with Gasteiger partial charge in [-0.2, -0.15) is 4.31 Å². The summed E-state index contributed by atoms with van der Waals surface area (Å²) in [5, 5.41) is 9.26. The molecular weight excluding hydrogens is 316 g/mol. The molecule has 3 rings (SSSR count). The quantitative estimate of drug-likeness (QED) is 0.853. The molecule has 1 atom stereocenters. The number of likely N-dealkylation sites (tertiary alicyclic amines) is 1. The van der Waals surface area contributed by atoms with Gasteiger partial charge in [0.2, 0.25) is 5.09 Å². The van der Waals surface area contributed by atoms with Gasteiger partial charge >= 0.3 is 0 Å². The summed E-state index contributed by atoms with van der Waals surface area (Å²) in [5.41, 5.74) is 0. The summed E-state index contributed by atoms with van der Waals surface area (Å²) in [7, 11) is -3.47. The van der Waals surface area contributed by atoms with Gasteiger partial charge in [0.05, 0.1) is 6.54 Å². The molecule has 2 fully saturated rings. The fourth-order valence-electron chi connectivity index (χ4n) is 3.58. The topological polar surface area (TPSA) is 74.0 Å². The first-order valence-corrected chi connectivity index (χ1v) is 9.99. The number of hydrogen-bond donors (Lipinski definition) is 1. The normalized spacial score (nSPS) is 24.3. The first kappa shape index (κ1) is 17.0. The Labute approximate surface area is 138 Å². The van der Waals surface area contributed by atoms with Gasteiger partial charge in [-0.1, -0.05) is 6.42 Å². The minimum absolute atomic E-state index is 0.0603. The largest absolute Gasteiger partial charge is 0.447 e. The molecule has 2 aliphatic heterocycles. The van der Waals surface area contributed by atoms with Crippen molar-refractivity contribution in [3.63, 3.8) is 0 Å². The van der Waals surface area contributed by atoms with Crippen molar-refractivity contribution in [2.45, 2.75) is 56.2 Å². The van der Waals surface area contributed by atoms with Crippen LogP contribution in [0.3, 0.4) is 0 Å². The molecule has 2 aliphatic rings. The van der Waals surface area contributed by atoms with Gasteiger partial charge in [0.15, 0.2) is 0 Å². The van der Waals surface area contributed by atoms with Gasteiger partial charge in [-0.15, -0.1) is 0 Å². The molecule has 1 aromatic heterocycles. The van der Waals surface area contributed by atoms with E-state index in [2.05, 4.69) is 4.90 Å². The molecule has 23 heavy (non-hydrogen) atoms. The average Bonchev–Trinajstić information content (AvgIpc) is 3.21. The third-order valence-corrected chi connectivity index (χ3v) is 6.64. The SMILES string of the molecule is O=S(=O)(c1ccc(CN2CCCCC2CCO)o1)N1CCCC1. The van der Waals surface area contributed by atoms with E-state index in [1.54, 1.807) is 12.1 Å². The minimum Gasteiger partial charge on any atom is -0.447 e. The highest BCUT2D eigenvalue weighted by Crippen LogP contribution is 2.26. The molecule has 1 aromatic rings. The van der Waals surface area contributed by atoms with Crippen molar-refractivity contribution in [3.05, 3.63) is 17.9 Å². The van der Waals surface area contributed by atoms with Crippen molar-refractivity contribution in [2.75, 3.05) is 26.2 Å². The standard InChI is InChI=1S/C16H26N2O4S/c19-12-8-14-5-1-2-9-17(14)13-15-6-7-16(22-15)23(20,21)18-10-3-4-11-18/h6-7,14,19H,1-5,8-13H2. The molecule has 3 heterocycles. The maximum Gasteiger partial charge on any atom is 0.276 e. The lowest BCUT2D eigenvalue weighted by Crippen LogP contribution is -2.39. The van der Waals surface area contributed by atoms with Crippen LogP contribution in [-0.2, 0) is 16.6 Å². The second kappa shape index (κ2) is 7.34. The number of piperidine rings is 1. The van der Waals surface area contributed by atoms with Gasteiger partial charge in [-0.05, 0) is 50.8 Å². The Morgan fingerprint density at radius 3 is 2.61 bits per heavy atom. The van der Waals surface area contributed by atoms with Crippen molar-refractivity contribution >= 4 is 10.0 Å². The second-order valence-corrected chi connectivity index (χ2v) is 8.33. The van der Waals surface area contributed by atoms with E-state index in [9.17, 15) is 13.5 Å². The van der Waals surface area contributed by atoms with Gasteiger partial charge < -0.3 is 9.52 Å². The first-order valence-electron chi connectivity index (χ1n) is 8.55. The van der Waals surface area contributed by atoms with Crippen molar-refractivity contribution in [2.24, 2.45) is 0 Å². The predicted octanol–water partition coefficient (Wildman–Crippen LogP) is 1.80. The van der Waals surface area contributed by atoms with Crippen LogP contribution < -0.4 is 0 Å². The summed E-state index contributed by atoms with van der Waals surface area (Å²) in [4.78, 5) is 2.30. The fourth-order valence-corrected chi connectivity index (χ4v) is 5.03. The molecule has 0 aliphatic carbocycles. The molecule has 0 aromatic carbocycles. The highest BCUT2D eigenvalue weighted by atomic mass is 32.2. The molecule has 1 unspecified atom stereocenters. The summed E-state index contributed by atoms with van der Waals surface area (Å²) in [5.74, 6) is 0.688. The lowest BCUT2D eigenvalue weighted by Gasteiger charge is -2.34. The lowest BCUT2D eigenvalue weighted by molar-refractivity contribution is 0.103. The van der Waals surface area contributed by atoms with Gasteiger partial charge in [0, 0.05) is 25.7 Å². The van der Waals surface area contributed by atoms with Gasteiger partial charge in [0.1, 0.15) is 5.76 Å². The molecule has 1 N–H and O–H groups in total. The summed E-state index contributed by atoms with van der Waals surface area (Å²) in [6.45, 7) is 2.94. The molecule has 130 valence electrons. The Hall–Kier alpha value is -0.890. The zero-order valence-electron chi connectivity index (χ0n) is 13.5. The monoisotopic (exact) mass is 342 g/mol. The van der Waals surface area contributed by atoms with Crippen molar-refractivity contribution < 1.29 is 17.9 Å². The summed E-state index contributed by atoms with van der Waals surface area (Å²) in [6, 6.07) is 3.71. The number of nitrogens with zero attached hydrogens (tertiary/aromatic N) is 2. The highest BCUT2D eigenvalue weighted by Gasteiger charge is 2.30. The first-order chi connectivity index (χ1) is 11.1. The molecule has 0 saturated carbocycles. The number of hydrogen-bond acceptors (Lipinski definition) is 5. The molecular formula is C16H26N2O4S. The molecule has 0 radical (unpaired) electrons. The van der Waals surface area contributed by atoms with Crippen LogP contribution in [0.15, 0.2) is 21.6 Å². The predicted molar refractivity (Wildman–Crippen MR) is 86.5 cm³/mol. The smallest absolute Gasteiger partial charge is 0.276 e. The van der Waals surface area contributed by atoms with Crippen LogP contribution in [0.1, 0.15) is 44.3 Å². The van der Waals surface area contributed by atoms with E-state index >= 15 is 0 Å². The van der Waals surface area contributed by atoms with E-state index in [0.29, 0.717) is 31.4 Å². The van der Waals surface area contributed by atoms with Gasteiger partial charge in [-0.25, -0.2) is 8.42 Å². The Kier molecular flexibility index (Phi) is 5.41. The number of aliphatic hydroxyl groups excluding tert-OH is 1. The lowest BCUT2D eigenvalue weighted by atomic mass is 9.99. The van der Waals surface area contributed by atoms with E-state index in [0.717, 1.165) is 38.6 Å². The Morgan fingerprint density at radius 2 is 1.87 bits per heavy atom. The van der Waals surface area contributed by atoms with E-state index in [-0.39, 0.29) is 11.7 Å². The fraction of sp³-hybridized carbons (Fsp3) is 0.750. The van der Waals surface area contributed by atoms with Crippen LogP contribution in [0.25, 0.3) is 0 Å². The van der Waals surface area contributed by atoms with Crippen molar-refractivity contribution in [1.29, 1.82) is 0 Å². The maximum atomic E-state index is 12.5. The van der Waals surface area contributed by atoms with Gasteiger partial charge in [-0.3, -0.25) is 4.90 Å². The summed E-state index contributed by atoms with van der Waals surface area (Å²) >= 11 is 0. The Balaban J connectivity index is 1.69. The van der Waals surface area contributed by atoms with E-state index in [1.165, 1.54) is 10.7 Å². The Morgan fingerprint density at radius 1 is 1.13 bits per heavy atom. The number of aliphatic hydroxyl groups is 1. The molecule has 0 amide bonds. The second-order valence-electron chi connectivity index (χ2n) is 6.46. The maximum absolute atomic E-state index is 12.5. The van der Waals surface area contributed by atoms with Crippen molar-refractivity contribution in [1.82, 2.24) is 9.21 Å². The highest BCUT2D eigenvalue weighted by molar-refractivity contribution is 7.89. The van der Waals surface area contributed by atoms with Crippen LogP contribution in [0.2, 0.25) is 0 Å². The molecule has 0 bridgehead atoms. The van der Waals surface area contributed by atoms with Crippen LogP contribution >= 0.6 is 0 Å². The Bertz CT molecular complexity index is 605. The zero-order chi connectivity index (χ0) is 16.3. The van der Waals surface area contributed by atoms with Crippen LogP contribution in [0, 0.1) is 0 Å².